The monoisotopic (exact) mass is 245 g/mol. The van der Waals surface area contributed by atoms with Gasteiger partial charge in [0.15, 0.2) is 0 Å². The molecule has 0 spiro atoms. The van der Waals surface area contributed by atoms with Gasteiger partial charge in [-0.25, -0.2) is 4.79 Å². The molecule has 4 nitrogen and oxygen atoms in total. The predicted octanol–water partition coefficient (Wildman–Crippen LogP) is 3.46. The normalized spacial score (nSPS) is 12.1. The molecular weight excluding hydrogens is 230 g/mol. The van der Waals surface area contributed by atoms with Gasteiger partial charge in [-0.1, -0.05) is 6.07 Å². The van der Waals surface area contributed by atoms with E-state index in [9.17, 15) is 4.79 Å². The number of carboxylic acid groups (broad SMARTS) is 1. The van der Waals surface area contributed by atoms with E-state index in [0.717, 1.165) is 11.3 Å². The van der Waals surface area contributed by atoms with Crippen molar-refractivity contribution in [1.82, 2.24) is 0 Å². The van der Waals surface area contributed by atoms with Crippen LogP contribution in [-0.2, 0) is 0 Å². The SMILES string of the molecule is Cc1ccc(C(=O)O)c(NC(C)c2ccco2)c1. The summed E-state index contributed by atoms with van der Waals surface area (Å²) in [4.78, 5) is 11.1. The number of carboxylic acids is 1. The molecule has 0 aliphatic heterocycles. The van der Waals surface area contributed by atoms with E-state index < -0.39 is 5.97 Å². The lowest BCUT2D eigenvalue weighted by Gasteiger charge is -2.15. The Morgan fingerprint density at radius 2 is 2.17 bits per heavy atom. The molecule has 0 aliphatic carbocycles. The highest BCUT2D eigenvalue weighted by molar-refractivity contribution is 5.94. The Labute approximate surface area is 105 Å². The topological polar surface area (TPSA) is 62.5 Å². The number of benzene rings is 1. The van der Waals surface area contributed by atoms with Gasteiger partial charge in [0.05, 0.1) is 17.9 Å². The van der Waals surface area contributed by atoms with Crippen LogP contribution in [0, 0.1) is 6.92 Å². The molecule has 2 N–H and O–H groups in total. The molecule has 2 aromatic rings. The zero-order chi connectivity index (χ0) is 13.1. The van der Waals surface area contributed by atoms with Crippen LogP contribution >= 0.6 is 0 Å². The van der Waals surface area contributed by atoms with Crippen LogP contribution in [-0.4, -0.2) is 11.1 Å². The van der Waals surface area contributed by atoms with Crippen molar-refractivity contribution >= 4 is 11.7 Å². The molecule has 18 heavy (non-hydrogen) atoms. The first-order valence-electron chi connectivity index (χ1n) is 5.72. The van der Waals surface area contributed by atoms with Crippen LogP contribution in [0.15, 0.2) is 41.0 Å². The highest BCUT2D eigenvalue weighted by Gasteiger charge is 2.14. The fourth-order valence-electron chi connectivity index (χ4n) is 1.81. The number of furan rings is 1. The van der Waals surface area contributed by atoms with Crippen molar-refractivity contribution in [3.8, 4) is 0 Å². The van der Waals surface area contributed by atoms with Gasteiger partial charge in [0.25, 0.3) is 0 Å². The van der Waals surface area contributed by atoms with Gasteiger partial charge in [-0.15, -0.1) is 0 Å². The van der Waals surface area contributed by atoms with Gasteiger partial charge in [-0.2, -0.15) is 0 Å². The summed E-state index contributed by atoms with van der Waals surface area (Å²) in [6.45, 7) is 3.85. The lowest BCUT2D eigenvalue weighted by atomic mass is 10.1. The molecule has 0 amide bonds. The minimum absolute atomic E-state index is 0.0834. The van der Waals surface area contributed by atoms with E-state index in [4.69, 9.17) is 9.52 Å². The van der Waals surface area contributed by atoms with Gasteiger partial charge < -0.3 is 14.8 Å². The molecule has 0 radical (unpaired) electrons. The average molecular weight is 245 g/mol. The number of nitrogens with one attached hydrogen (secondary N) is 1. The van der Waals surface area contributed by atoms with Crippen molar-refractivity contribution in [3.05, 3.63) is 53.5 Å². The predicted molar refractivity (Wildman–Crippen MR) is 68.9 cm³/mol. The molecule has 1 aromatic carbocycles. The first-order valence-corrected chi connectivity index (χ1v) is 5.72. The highest BCUT2D eigenvalue weighted by atomic mass is 16.4. The molecule has 0 aliphatic rings. The van der Waals surface area contributed by atoms with Crippen LogP contribution in [0.4, 0.5) is 5.69 Å². The van der Waals surface area contributed by atoms with Crippen molar-refractivity contribution in [3.63, 3.8) is 0 Å². The van der Waals surface area contributed by atoms with Gasteiger partial charge in [0.1, 0.15) is 5.76 Å². The quantitative estimate of drug-likeness (QED) is 0.865. The van der Waals surface area contributed by atoms with E-state index in [1.54, 1.807) is 18.4 Å². The zero-order valence-corrected chi connectivity index (χ0v) is 10.3. The first-order chi connectivity index (χ1) is 8.58. The number of aryl methyl sites for hydroxylation is 1. The Morgan fingerprint density at radius 3 is 2.78 bits per heavy atom. The summed E-state index contributed by atoms with van der Waals surface area (Å²) in [5.41, 5.74) is 1.87. The van der Waals surface area contributed by atoms with Crippen LogP contribution in [0.2, 0.25) is 0 Å². The van der Waals surface area contributed by atoms with E-state index in [1.165, 1.54) is 0 Å². The van der Waals surface area contributed by atoms with Crippen molar-refractivity contribution < 1.29 is 14.3 Å². The fourth-order valence-corrected chi connectivity index (χ4v) is 1.81. The minimum atomic E-state index is -0.941. The molecular formula is C14H15NO3. The summed E-state index contributed by atoms with van der Waals surface area (Å²) in [5.74, 6) is -0.169. The zero-order valence-electron chi connectivity index (χ0n) is 10.3. The number of anilines is 1. The molecule has 0 fully saturated rings. The van der Waals surface area contributed by atoms with Gasteiger partial charge in [0.2, 0.25) is 0 Å². The molecule has 0 saturated carbocycles. The maximum Gasteiger partial charge on any atom is 0.337 e. The van der Waals surface area contributed by atoms with Crippen molar-refractivity contribution in [2.45, 2.75) is 19.9 Å². The van der Waals surface area contributed by atoms with Crippen molar-refractivity contribution in [2.24, 2.45) is 0 Å². The number of rotatable bonds is 4. The Morgan fingerprint density at radius 1 is 1.39 bits per heavy atom. The molecule has 2 rings (SSSR count). The Bertz CT molecular complexity index is 546. The third kappa shape index (κ3) is 2.53. The summed E-state index contributed by atoms with van der Waals surface area (Å²) >= 11 is 0. The van der Waals surface area contributed by atoms with Crippen molar-refractivity contribution in [2.75, 3.05) is 5.32 Å². The van der Waals surface area contributed by atoms with E-state index in [-0.39, 0.29) is 11.6 Å². The Kier molecular flexibility index (Phi) is 3.37. The minimum Gasteiger partial charge on any atom is -0.478 e. The molecule has 0 bridgehead atoms. The van der Waals surface area contributed by atoms with Gasteiger partial charge in [-0.3, -0.25) is 0 Å². The second-order valence-corrected chi connectivity index (χ2v) is 4.24. The van der Waals surface area contributed by atoms with Crippen LogP contribution < -0.4 is 5.32 Å². The highest BCUT2D eigenvalue weighted by Crippen LogP contribution is 2.24. The molecule has 1 aromatic heterocycles. The third-order valence-corrected chi connectivity index (χ3v) is 2.75. The van der Waals surface area contributed by atoms with Crippen molar-refractivity contribution in [1.29, 1.82) is 0 Å². The second kappa shape index (κ2) is 4.96. The number of hydrogen-bond donors (Lipinski definition) is 2. The summed E-state index contributed by atoms with van der Waals surface area (Å²) in [5, 5.41) is 12.3. The van der Waals surface area contributed by atoms with E-state index in [1.807, 2.05) is 32.0 Å². The van der Waals surface area contributed by atoms with Crippen LogP contribution in [0.25, 0.3) is 0 Å². The Balaban J connectivity index is 2.28. The summed E-state index contributed by atoms with van der Waals surface area (Å²) in [6, 6.07) is 8.79. The fraction of sp³-hybridized carbons (Fsp3) is 0.214. The average Bonchev–Trinajstić information content (AvgIpc) is 2.81. The van der Waals surface area contributed by atoms with Crippen LogP contribution in [0.1, 0.15) is 34.6 Å². The third-order valence-electron chi connectivity index (χ3n) is 2.75. The first kappa shape index (κ1) is 12.2. The lowest BCUT2D eigenvalue weighted by molar-refractivity contribution is 0.0698. The summed E-state index contributed by atoms with van der Waals surface area (Å²) in [7, 11) is 0. The summed E-state index contributed by atoms with van der Waals surface area (Å²) < 4.78 is 5.29. The Hall–Kier alpha value is -2.23. The smallest absolute Gasteiger partial charge is 0.337 e. The largest absolute Gasteiger partial charge is 0.478 e. The van der Waals surface area contributed by atoms with Crippen LogP contribution in [0.3, 0.4) is 0 Å². The van der Waals surface area contributed by atoms with Gasteiger partial charge in [-0.05, 0) is 43.7 Å². The second-order valence-electron chi connectivity index (χ2n) is 4.24. The van der Waals surface area contributed by atoms with Crippen LogP contribution in [0.5, 0.6) is 0 Å². The standard InChI is InChI=1S/C14H15NO3/c1-9-5-6-11(14(16)17)12(8-9)15-10(2)13-4-3-7-18-13/h3-8,10,15H,1-2H3,(H,16,17). The number of hydrogen-bond acceptors (Lipinski definition) is 3. The van der Waals surface area contributed by atoms with E-state index in [0.29, 0.717) is 5.69 Å². The van der Waals surface area contributed by atoms with E-state index in [2.05, 4.69) is 5.32 Å². The number of aromatic carboxylic acids is 1. The molecule has 1 heterocycles. The number of carbonyl (C=O) groups is 1. The summed E-state index contributed by atoms with van der Waals surface area (Å²) in [6.07, 6.45) is 1.60. The molecule has 1 atom stereocenters. The molecule has 1 unspecified atom stereocenters. The van der Waals surface area contributed by atoms with E-state index >= 15 is 0 Å². The molecule has 4 heteroatoms. The van der Waals surface area contributed by atoms with Gasteiger partial charge in [0, 0.05) is 5.69 Å². The lowest BCUT2D eigenvalue weighted by Crippen LogP contribution is -2.10. The van der Waals surface area contributed by atoms with Gasteiger partial charge >= 0.3 is 5.97 Å². The maximum absolute atomic E-state index is 11.1. The molecule has 0 saturated heterocycles. The molecule has 94 valence electrons. The maximum atomic E-state index is 11.1.